The molecule has 0 amide bonds. The molecule has 0 radical (unpaired) electrons. The quantitative estimate of drug-likeness (QED) is 0.766. The summed E-state index contributed by atoms with van der Waals surface area (Å²) in [5.41, 5.74) is 5.64. The van der Waals surface area contributed by atoms with Gasteiger partial charge in [-0.2, -0.15) is 13.2 Å². The molecule has 0 aromatic heterocycles. The van der Waals surface area contributed by atoms with E-state index in [1.54, 1.807) is 0 Å². The van der Waals surface area contributed by atoms with Crippen LogP contribution in [-0.2, 0) is 0 Å². The first-order chi connectivity index (χ1) is 9.32. The van der Waals surface area contributed by atoms with E-state index in [0.717, 1.165) is 32.2 Å². The summed E-state index contributed by atoms with van der Waals surface area (Å²) in [6.07, 6.45) is 1.70. The van der Waals surface area contributed by atoms with Crippen LogP contribution in [0.15, 0.2) is 0 Å². The first kappa shape index (κ1) is 17.8. The van der Waals surface area contributed by atoms with Gasteiger partial charge in [0.15, 0.2) is 0 Å². The second kappa shape index (κ2) is 7.64. The monoisotopic (exact) mass is 294 g/mol. The van der Waals surface area contributed by atoms with Crippen LogP contribution in [0.5, 0.6) is 0 Å². The topological polar surface area (TPSA) is 29.3 Å². The summed E-state index contributed by atoms with van der Waals surface area (Å²) in [7, 11) is 0. The van der Waals surface area contributed by atoms with Crippen LogP contribution < -0.4 is 5.73 Å². The number of nitrogens with zero attached hydrogens (tertiary/aromatic N) is 1. The predicted octanol–water partition coefficient (Wildman–Crippen LogP) is 4.09. The average Bonchev–Trinajstić information content (AvgIpc) is 2.38. The van der Waals surface area contributed by atoms with Gasteiger partial charge in [0.05, 0.1) is 0 Å². The minimum Gasteiger partial charge on any atom is -0.329 e. The third-order valence-corrected chi connectivity index (χ3v) is 4.56. The normalized spacial score (nSPS) is 24.6. The lowest BCUT2D eigenvalue weighted by Crippen LogP contribution is -2.57. The van der Waals surface area contributed by atoms with Gasteiger partial charge in [0.2, 0.25) is 0 Å². The van der Waals surface area contributed by atoms with Gasteiger partial charge < -0.3 is 5.73 Å². The Bertz CT molecular complexity index is 279. The van der Waals surface area contributed by atoms with Crippen LogP contribution in [0.1, 0.15) is 65.2 Å². The molecule has 120 valence electrons. The van der Waals surface area contributed by atoms with Gasteiger partial charge in [-0.05, 0) is 45.6 Å². The standard InChI is InChI=1S/C15H29F3N2/c1-3-7-13-8-4-5-11-20(13)14(2,12-19)9-6-10-15(16,17)18/h13H,3-12,19H2,1-2H3. The van der Waals surface area contributed by atoms with Crippen molar-refractivity contribution in [2.24, 2.45) is 5.73 Å². The maximum absolute atomic E-state index is 12.3. The van der Waals surface area contributed by atoms with Gasteiger partial charge >= 0.3 is 6.18 Å². The van der Waals surface area contributed by atoms with Crippen LogP contribution in [-0.4, -0.2) is 35.7 Å². The lowest BCUT2D eigenvalue weighted by molar-refractivity contribution is -0.137. The van der Waals surface area contributed by atoms with Gasteiger partial charge in [-0.1, -0.05) is 19.8 Å². The smallest absolute Gasteiger partial charge is 0.329 e. The number of likely N-dealkylation sites (tertiary alicyclic amines) is 1. The van der Waals surface area contributed by atoms with Crippen LogP contribution >= 0.6 is 0 Å². The van der Waals surface area contributed by atoms with E-state index in [1.807, 2.05) is 6.92 Å². The van der Waals surface area contributed by atoms with Crippen molar-refractivity contribution in [1.82, 2.24) is 4.90 Å². The van der Waals surface area contributed by atoms with Crippen molar-refractivity contribution >= 4 is 0 Å². The minimum absolute atomic E-state index is 0.173. The highest BCUT2D eigenvalue weighted by Crippen LogP contribution is 2.33. The van der Waals surface area contributed by atoms with Crippen molar-refractivity contribution in [3.63, 3.8) is 0 Å². The highest BCUT2D eigenvalue weighted by molar-refractivity contribution is 4.93. The molecule has 2 unspecified atom stereocenters. The Hall–Kier alpha value is -0.290. The molecule has 0 aliphatic carbocycles. The molecule has 1 fully saturated rings. The van der Waals surface area contributed by atoms with Gasteiger partial charge in [0.25, 0.3) is 0 Å². The SMILES string of the molecule is CCCC1CCCCN1C(C)(CN)CCCC(F)(F)F. The fourth-order valence-electron chi connectivity index (χ4n) is 3.38. The van der Waals surface area contributed by atoms with E-state index < -0.39 is 12.6 Å². The van der Waals surface area contributed by atoms with Crippen LogP contribution in [0.3, 0.4) is 0 Å². The van der Waals surface area contributed by atoms with Gasteiger partial charge in [-0.25, -0.2) is 0 Å². The molecule has 1 saturated heterocycles. The molecule has 2 nitrogen and oxygen atoms in total. The summed E-state index contributed by atoms with van der Waals surface area (Å²) in [6, 6.07) is 0.494. The largest absolute Gasteiger partial charge is 0.389 e. The maximum Gasteiger partial charge on any atom is 0.389 e. The molecule has 1 aliphatic heterocycles. The first-order valence-electron chi connectivity index (χ1n) is 7.86. The van der Waals surface area contributed by atoms with E-state index >= 15 is 0 Å². The maximum atomic E-state index is 12.3. The number of hydrogen-bond donors (Lipinski definition) is 1. The molecule has 0 bridgehead atoms. The zero-order valence-electron chi connectivity index (χ0n) is 12.8. The molecule has 1 rings (SSSR count). The molecule has 1 aliphatic rings. The summed E-state index contributed by atoms with van der Waals surface area (Å²) >= 11 is 0. The molecule has 20 heavy (non-hydrogen) atoms. The summed E-state index contributed by atoms with van der Waals surface area (Å²) in [5, 5.41) is 0. The van der Waals surface area contributed by atoms with Crippen molar-refractivity contribution in [3.05, 3.63) is 0 Å². The molecule has 2 N–H and O–H groups in total. The highest BCUT2D eigenvalue weighted by atomic mass is 19.4. The molecule has 0 saturated carbocycles. The van der Waals surface area contributed by atoms with Gasteiger partial charge in [-0.15, -0.1) is 0 Å². The van der Waals surface area contributed by atoms with Gasteiger partial charge in [-0.3, -0.25) is 4.90 Å². The van der Waals surface area contributed by atoms with Crippen molar-refractivity contribution < 1.29 is 13.2 Å². The second-order valence-corrected chi connectivity index (χ2v) is 6.30. The zero-order chi connectivity index (χ0) is 15.2. The van der Waals surface area contributed by atoms with Crippen LogP contribution in [0.4, 0.5) is 13.2 Å². The van der Waals surface area contributed by atoms with Crippen LogP contribution in [0.25, 0.3) is 0 Å². The number of hydrogen-bond acceptors (Lipinski definition) is 2. The zero-order valence-corrected chi connectivity index (χ0v) is 12.8. The third-order valence-electron chi connectivity index (χ3n) is 4.56. The summed E-state index contributed by atoms with van der Waals surface area (Å²) in [4.78, 5) is 2.40. The Balaban J connectivity index is 2.64. The van der Waals surface area contributed by atoms with E-state index in [4.69, 9.17) is 5.73 Å². The number of nitrogens with two attached hydrogens (primary N) is 1. The Labute approximate surface area is 120 Å². The number of halogens is 3. The fraction of sp³-hybridized carbons (Fsp3) is 1.00. The number of alkyl halides is 3. The molecule has 5 heteroatoms. The molecule has 2 atom stereocenters. The lowest BCUT2D eigenvalue weighted by Gasteiger charge is -2.48. The first-order valence-corrected chi connectivity index (χ1v) is 7.86. The second-order valence-electron chi connectivity index (χ2n) is 6.30. The van der Waals surface area contributed by atoms with Crippen molar-refractivity contribution in [1.29, 1.82) is 0 Å². The minimum atomic E-state index is -4.06. The molecular weight excluding hydrogens is 265 g/mol. The van der Waals surface area contributed by atoms with E-state index in [9.17, 15) is 13.2 Å². The van der Waals surface area contributed by atoms with E-state index in [-0.39, 0.29) is 12.0 Å². The Morgan fingerprint density at radius 1 is 1.20 bits per heavy atom. The van der Waals surface area contributed by atoms with E-state index in [0.29, 0.717) is 19.0 Å². The van der Waals surface area contributed by atoms with Crippen molar-refractivity contribution in [3.8, 4) is 0 Å². The van der Waals surface area contributed by atoms with E-state index in [1.165, 1.54) is 6.42 Å². The Morgan fingerprint density at radius 3 is 2.45 bits per heavy atom. The van der Waals surface area contributed by atoms with E-state index in [2.05, 4.69) is 11.8 Å². The average molecular weight is 294 g/mol. The number of piperidine rings is 1. The summed E-state index contributed by atoms with van der Waals surface area (Å²) < 4.78 is 37.0. The molecular formula is C15H29F3N2. The molecule has 1 heterocycles. The Kier molecular flexibility index (Phi) is 6.79. The fourth-order valence-corrected chi connectivity index (χ4v) is 3.38. The Morgan fingerprint density at radius 2 is 1.90 bits per heavy atom. The predicted molar refractivity (Wildman–Crippen MR) is 76.6 cm³/mol. The van der Waals surface area contributed by atoms with Crippen molar-refractivity contribution in [2.45, 2.75) is 83.0 Å². The van der Waals surface area contributed by atoms with Gasteiger partial charge in [0.1, 0.15) is 0 Å². The van der Waals surface area contributed by atoms with Gasteiger partial charge in [0, 0.05) is 24.5 Å². The molecule has 0 spiro atoms. The highest BCUT2D eigenvalue weighted by Gasteiger charge is 2.37. The molecule has 0 aromatic rings. The third kappa shape index (κ3) is 5.24. The lowest BCUT2D eigenvalue weighted by atomic mass is 9.86. The van der Waals surface area contributed by atoms with Crippen LogP contribution in [0, 0.1) is 0 Å². The number of rotatable bonds is 7. The van der Waals surface area contributed by atoms with Crippen molar-refractivity contribution in [2.75, 3.05) is 13.1 Å². The summed E-state index contributed by atoms with van der Waals surface area (Å²) in [6.45, 7) is 5.61. The van der Waals surface area contributed by atoms with Crippen LogP contribution in [0.2, 0.25) is 0 Å². The molecule has 0 aromatic carbocycles. The summed E-state index contributed by atoms with van der Waals surface area (Å²) in [5.74, 6) is 0.